The number of carbonyl (C=O) groups excluding carboxylic acids is 1. The van der Waals surface area contributed by atoms with E-state index in [4.69, 9.17) is 11.6 Å². The SMILES string of the molecule is O=C(O)C1CCC(=O)N(C2CC2)C1c1ccc(Br)cc1Cl. The predicted octanol–water partition coefficient (Wildman–Crippen LogP) is 3.63. The monoisotopic (exact) mass is 371 g/mol. The molecule has 1 heterocycles. The zero-order valence-electron chi connectivity index (χ0n) is 11.3. The summed E-state index contributed by atoms with van der Waals surface area (Å²) < 4.78 is 0.836. The van der Waals surface area contributed by atoms with Crippen molar-refractivity contribution < 1.29 is 14.7 Å². The minimum absolute atomic E-state index is 0.0407. The molecule has 1 aromatic carbocycles. The van der Waals surface area contributed by atoms with Crippen LogP contribution in [0.15, 0.2) is 22.7 Å². The Morgan fingerprint density at radius 3 is 2.62 bits per heavy atom. The van der Waals surface area contributed by atoms with Gasteiger partial charge in [-0.25, -0.2) is 0 Å². The summed E-state index contributed by atoms with van der Waals surface area (Å²) in [5.74, 6) is -1.42. The van der Waals surface area contributed by atoms with E-state index in [1.807, 2.05) is 12.1 Å². The van der Waals surface area contributed by atoms with Crippen molar-refractivity contribution in [3.63, 3.8) is 0 Å². The number of carboxylic acids is 1. The number of halogens is 2. The number of likely N-dealkylation sites (tertiary alicyclic amines) is 1. The molecule has 0 spiro atoms. The van der Waals surface area contributed by atoms with E-state index in [0.29, 0.717) is 17.9 Å². The Hall–Kier alpha value is -1.07. The number of hydrogen-bond donors (Lipinski definition) is 1. The van der Waals surface area contributed by atoms with Crippen LogP contribution in [0.1, 0.15) is 37.3 Å². The lowest BCUT2D eigenvalue weighted by atomic mass is 9.84. The summed E-state index contributed by atoms with van der Waals surface area (Å²) in [7, 11) is 0. The van der Waals surface area contributed by atoms with Gasteiger partial charge in [0, 0.05) is 22.0 Å². The van der Waals surface area contributed by atoms with Gasteiger partial charge in [-0.1, -0.05) is 33.6 Å². The summed E-state index contributed by atoms with van der Waals surface area (Å²) in [6, 6.07) is 5.12. The van der Waals surface area contributed by atoms with Crippen LogP contribution in [0.25, 0.3) is 0 Å². The van der Waals surface area contributed by atoms with Crippen LogP contribution in [0.5, 0.6) is 0 Å². The number of piperidine rings is 1. The number of rotatable bonds is 3. The Balaban J connectivity index is 2.06. The number of hydrogen-bond acceptors (Lipinski definition) is 2. The molecule has 0 aromatic heterocycles. The van der Waals surface area contributed by atoms with Crippen LogP contribution >= 0.6 is 27.5 Å². The average Bonchev–Trinajstić information content (AvgIpc) is 3.22. The molecule has 1 aliphatic heterocycles. The highest BCUT2D eigenvalue weighted by atomic mass is 79.9. The molecular formula is C15H15BrClNO3. The van der Waals surface area contributed by atoms with Crippen molar-refractivity contribution in [3.05, 3.63) is 33.3 Å². The third-order valence-corrected chi connectivity index (χ3v) is 5.00. The van der Waals surface area contributed by atoms with E-state index in [-0.39, 0.29) is 11.9 Å². The van der Waals surface area contributed by atoms with Gasteiger partial charge in [-0.05, 0) is 37.0 Å². The lowest BCUT2D eigenvalue weighted by Crippen LogP contribution is -2.46. The highest BCUT2D eigenvalue weighted by molar-refractivity contribution is 9.10. The van der Waals surface area contributed by atoms with Crippen molar-refractivity contribution in [1.29, 1.82) is 0 Å². The fourth-order valence-electron chi connectivity index (χ4n) is 3.06. The van der Waals surface area contributed by atoms with Crippen LogP contribution in [-0.4, -0.2) is 27.9 Å². The molecule has 112 valence electrons. The molecule has 2 aliphatic rings. The number of carbonyl (C=O) groups is 2. The van der Waals surface area contributed by atoms with Gasteiger partial charge in [-0.15, -0.1) is 0 Å². The summed E-state index contributed by atoms with van der Waals surface area (Å²) in [6.07, 6.45) is 2.57. The molecular weight excluding hydrogens is 358 g/mol. The lowest BCUT2D eigenvalue weighted by molar-refractivity contribution is -0.152. The van der Waals surface area contributed by atoms with Crippen LogP contribution < -0.4 is 0 Å². The maximum absolute atomic E-state index is 12.3. The third-order valence-electron chi connectivity index (χ3n) is 4.18. The van der Waals surface area contributed by atoms with Crippen LogP contribution in [0.2, 0.25) is 5.02 Å². The second-order valence-electron chi connectivity index (χ2n) is 5.63. The Morgan fingerprint density at radius 2 is 2.05 bits per heavy atom. The van der Waals surface area contributed by atoms with Crippen molar-refractivity contribution in [3.8, 4) is 0 Å². The van der Waals surface area contributed by atoms with E-state index in [9.17, 15) is 14.7 Å². The molecule has 6 heteroatoms. The standard InChI is InChI=1S/C15H15BrClNO3/c16-8-1-4-10(12(17)7-8)14-11(15(20)21)5-6-13(19)18(14)9-2-3-9/h1,4,7,9,11,14H,2-3,5-6H2,(H,20,21). The summed E-state index contributed by atoms with van der Waals surface area (Å²) in [5, 5.41) is 10.0. The highest BCUT2D eigenvalue weighted by Gasteiger charge is 2.47. The molecule has 3 rings (SSSR count). The van der Waals surface area contributed by atoms with Gasteiger partial charge in [0.05, 0.1) is 12.0 Å². The normalized spacial score (nSPS) is 26.0. The first-order chi connectivity index (χ1) is 9.99. The Bertz CT molecular complexity index is 603. The van der Waals surface area contributed by atoms with Crippen molar-refractivity contribution in [1.82, 2.24) is 4.90 Å². The van der Waals surface area contributed by atoms with E-state index in [1.165, 1.54) is 0 Å². The molecule has 2 atom stereocenters. The average molecular weight is 373 g/mol. The van der Waals surface area contributed by atoms with Crippen molar-refractivity contribution in [2.45, 2.75) is 37.8 Å². The van der Waals surface area contributed by atoms with Crippen LogP contribution in [-0.2, 0) is 9.59 Å². The molecule has 21 heavy (non-hydrogen) atoms. The molecule has 1 N–H and O–H groups in total. The number of benzene rings is 1. The van der Waals surface area contributed by atoms with Crippen molar-refractivity contribution in [2.24, 2.45) is 5.92 Å². The first-order valence-electron chi connectivity index (χ1n) is 6.98. The Kier molecular flexibility index (Phi) is 3.97. The van der Waals surface area contributed by atoms with Gasteiger partial charge in [0.1, 0.15) is 0 Å². The zero-order valence-corrected chi connectivity index (χ0v) is 13.6. The number of carboxylic acid groups (broad SMARTS) is 1. The van der Waals surface area contributed by atoms with Crippen LogP contribution in [0, 0.1) is 5.92 Å². The van der Waals surface area contributed by atoms with E-state index in [2.05, 4.69) is 15.9 Å². The van der Waals surface area contributed by atoms with Gasteiger partial charge in [-0.3, -0.25) is 9.59 Å². The fraction of sp³-hybridized carbons (Fsp3) is 0.467. The molecule has 4 nitrogen and oxygen atoms in total. The van der Waals surface area contributed by atoms with Gasteiger partial charge >= 0.3 is 5.97 Å². The van der Waals surface area contributed by atoms with Gasteiger partial charge in [-0.2, -0.15) is 0 Å². The first-order valence-corrected chi connectivity index (χ1v) is 8.15. The van der Waals surface area contributed by atoms with Gasteiger partial charge in [0.2, 0.25) is 5.91 Å². The first kappa shape index (κ1) is 14.9. The molecule has 2 fully saturated rings. The topological polar surface area (TPSA) is 57.6 Å². The Morgan fingerprint density at radius 1 is 1.33 bits per heavy atom. The molecule has 2 unspecified atom stereocenters. The molecule has 1 aliphatic carbocycles. The van der Waals surface area contributed by atoms with Crippen molar-refractivity contribution in [2.75, 3.05) is 0 Å². The summed E-state index contributed by atoms with van der Waals surface area (Å²) in [5.41, 5.74) is 0.729. The van der Waals surface area contributed by atoms with Gasteiger partial charge < -0.3 is 10.0 Å². The van der Waals surface area contributed by atoms with Gasteiger partial charge in [0.25, 0.3) is 0 Å². The lowest BCUT2D eigenvalue weighted by Gasteiger charge is -2.40. The smallest absolute Gasteiger partial charge is 0.308 e. The summed E-state index contributed by atoms with van der Waals surface area (Å²) >= 11 is 9.66. The maximum atomic E-state index is 12.3. The van der Waals surface area contributed by atoms with E-state index < -0.39 is 17.9 Å². The molecule has 0 bridgehead atoms. The summed E-state index contributed by atoms with van der Waals surface area (Å²) in [4.78, 5) is 25.7. The van der Waals surface area contributed by atoms with Crippen molar-refractivity contribution >= 4 is 39.4 Å². The maximum Gasteiger partial charge on any atom is 0.308 e. The Labute approximate surface area is 136 Å². The van der Waals surface area contributed by atoms with Crippen LogP contribution in [0.3, 0.4) is 0 Å². The molecule has 1 saturated carbocycles. The molecule has 1 amide bonds. The summed E-state index contributed by atoms with van der Waals surface area (Å²) in [6.45, 7) is 0. The molecule has 0 radical (unpaired) electrons. The number of nitrogens with zero attached hydrogens (tertiary/aromatic N) is 1. The number of amides is 1. The third kappa shape index (κ3) is 2.81. The minimum Gasteiger partial charge on any atom is -0.481 e. The van der Waals surface area contributed by atoms with E-state index in [0.717, 1.165) is 22.9 Å². The molecule has 1 saturated heterocycles. The number of aliphatic carboxylic acids is 1. The van der Waals surface area contributed by atoms with Gasteiger partial charge in [0.15, 0.2) is 0 Å². The second-order valence-corrected chi connectivity index (χ2v) is 6.95. The minimum atomic E-state index is -0.864. The van der Waals surface area contributed by atoms with Crippen LogP contribution in [0.4, 0.5) is 0 Å². The zero-order chi connectivity index (χ0) is 15.1. The molecule has 1 aromatic rings. The highest BCUT2D eigenvalue weighted by Crippen LogP contribution is 2.45. The predicted molar refractivity (Wildman–Crippen MR) is 82.1 cm³/mol. The quantitative estimate of drug-likeness (QED) is 0.881. The van der Waals surface area contributed by atoms with E-state index in [1.54, 1.807) is 11.0 Å². The largest absolute Gasteiger partial charge is 0.481 e. The fourth-order valence-corrected chi connectivity index (χ4v) is 3.85. The van der Waals surface area contributed by atoms with E-state index >= 15 is 0 Å². The second kappa shape index (κ2) is 5.61.